The molecule has 0 spiro atoms. The molecule has 2 aromatic heterocycles. The Morgan fingerprint density at radius 3 is 2.70 bits per heavy atom. The second-order valence-electron chi connectivity index (χ2n) is 3.78. The Balaban J connectivity index is 2.15. The number of carboxylic acids is 1. The Bertz CT molecular complexity index is 710. The van der Waals surface area contributed by atoms with Gasteiger partial charge in [0.2, 0.25) is 5.91 Å². The van der Waals surface area contributed by atoms with Gasteiger partial charge in [-0.15, -0.1) is 0 Å². The number of hydrogen-bond acceptors (Lipinski definition) is 5. The zero-order valence-electron chi connectivity index (χ0n) is 10.2. The number of anilines is 1. The monoisotopic (exact) mass is 274 g/mol. The molecule has 20 heavy (non-hydrogen) atoms. The fourth-order valence-electron chi connectivity index (χ4n) is 1.53. The van der Waals surface area contributed by atoms with Gasteiger partial charge in [0, 0.05) is 18.6 Å². The highest BCUT2D eigenvalue weighted by Gasteiger charge is 2.13. The molecule has 102 valence electrons. The second kappa shape index (κ2) is 5.74. The third-order valence-corrected chi connectivity index (χ3v) is 2.38. The van der Waals surface area contributed by atoms with E-state index >= 15 is 0 Å². The van der Waals surface area contributed by atoms with E-state index in [2.05, 4.69) is 15.3 Å². The van der Waals surface area contributed by atoms with Gasteiger partial charge in [-0.1, -0.05) is 0 Å². The van der Waals surface area contributed by atoms with Crippen molar-refractivity contribution in [2.24, 2.45) is 0 Å². The van der Waals surface area contributed by atoms with E-state index in [1.165, 1.54) is 36.8 Å². The highest BCUT2D eigenvalue weighted by molar-refractivity contribution is 5.98. The molecule has 2 heterocycles. The average molecular weight is 274 g/mol. The number of aromatic nitrogens is 3. The van der Waals surface area contributed by atoms with Gasteiger partial charge in [0.1, 0.15) is 6.54 Å². The smallest absolute Gasteiger partial charge is 0.356 e. The Kier molecular flexibility index (Phi) is 3.85. The van der Waals surface area contributed by atoms with Crippen LogP contribution in [0.15, 0.2) is 41.6 Å². The van der Waals surface area contributed by atoms with Crippen molar-refractivity contribution in [2.45, 2.75) is 6.54 Å². The Labute approximate surface area is 112 Å². The predicted octanol–water partition coefficient (Wildman–Crippen LogP) is -0.0248. The van der Waals surface area contributed by atoms with Crippen molar-refractivity contribution in [1.29, 1.82) is 0 Å². The molecule has 0 aliphatic rings. The molecule has 0 aliphatic heterocycles. The molecule has 0 bridgehead atoms. The van der Waals surface area contributed by atoms with E-state index in [1.807, 2.05) is 0 Å². The molecule has 0 saturated carbocycles. The van der Waals surface area contributed by atoms with E-state index in [9.17, 15) is 14.4 Å². The Morgan fingerprint density at radius 2 is 2.00 bits per heavy atom. The maximum Gasteiger partial charge on any atom is 0.356 e. The SMILES string of the molecule is O=C(Cn1cccnc1=O)Nc1cccnc1C(=O)O. The third kappa shape index (κ3) is 3.05. The summed E-state index contributed by atoms with van der Waals surface area (Å²) < 4.78 is 1.10. The molecule has 0 atom stereocenters. The number of pyridine rings is 1. The van der Waals surface area contributed by atoms with Crippen LogP contribution in [0.3, 0.4) is 0 Å². The zero-order valence-corrected chi connectivity index (χ0v) is 10.2. The molecule has 0 radical (unpaired) electrons. The molecule has 0 fully saturated rings. The van der Waals surface area contributed by atoms with Crippen LogP contribution in [0.25, 0.3) is 0 Å². The first kappa shape index (κ1) is 13.4. The standard InChI is InChI=1S/C12H10N4O4/c17-9(7-16-6-2-5-14-12(16)20)15-8-3-1-4-13-10(8)11(18)19/h1-6H,7H2,(H,15,17)(H,18,19). The topological polar surface area (TPSA) is 114 Å². The van der Waals surface area contributed by atoms with Crippen molar-refractivity contribution < 1.29 is 14.7 Å². The lowest BCUT2D eigenvalue weighted by atomic mass is 10.3. The van der Waals surface area contributed by atoms with Gasteiger partial charge in [-0.25, -0.2) is 19.6 Å². The van der Waals surface area contributed by atoms with Crippen LogP contribution in [0.1, 0.15) is 10.5 Å². The number of amides is 1. The number of aromatic carboxylic acids is 1. The number of carbonyl (C=O) groups is 2. The maximum absolute atomic E-state index is 11.8. The first-order chi connectivity index (χ1) is 9.58. The van der Waals surface area contributed by atoms with Crippen molar-refractivity contribution in [3.63, 3.8) is 0 Å². The second-order valence-corrected chi connectivity index (χ2v) is 3.78. The van der Waals surface area contributed by atoms with Crippen LogP contribution < -0.4 is 11.0 Å². The van der Waals surface area contributed by atoms with E-state index in [0.717, 1.165) is 4.57 Å². The molecule has 2 rings (SSSR count). The van der Waals surface area contributed by atoms with E-state index in [0.29, 0.717) is 0 Å². The Morgan fingerprint density at radius 1 is 1.25 bits per heavy atom. The molecular formula is C12H10N4O4. The van der Waals surface area contributed by atoms with Gasteiger partial charge < -0.3 is 10.4 Å². The van der Waals surface area contributed by atoms with Gasteiger partial charge in [-0.2, -0.15) is 0 Å². The fourth-order valence-corrected chi connectivity index (χ4v) is 1.53. The molecule has 8 nitrogen and oxygen atoms in total. The number of hydrogen-bond donors (Lipinski definition) is 2. The van der Waals surface area contributed by atoms with Crippen LogP contribution in [0.4, 0.5) is 5.69 Å². The molecule has 0 unspecified atom stereocenters. The van der Waals surface area contributed by atoms with Crippen LogP contribution >= 0.6 is 0 Å². The fraction of sp³-hybridized carbons (Fsp3) is 0.0833. The quantitative estimate of drug-likeness (QED) is 0.809. The summed E-state index contributed by atoms with van der Waals surface area (Å²) in [5.41, 5.74) is -0.756. The van der Waals surface area contributed by atoms with E-state index in [1.54, 1.807) is 0 Å². The minimum absolute atomic E-state index is 0.0712. The van der Waals surface area contributed by atoms with Crippen molar-refractivity contribution in [1.82, 2.24) is 14.5 Å². The molecule has 8 heteroatoms. The van der Waals surface area contributed by atoms with Crippen LogP contribution in [-0.2, 0) is 11.3 Å². The lowest BCUT2D eigenvalue weighted by molar-refractivity contribution is -0.116. The molecule has 0 aliphatic carbocycles. The Hall–Kier alpha value is -3.03. The van der Waals surface area contributed by atoms with Crippen molar-refractivity contribution in [2.75, 3.05) is 5.32 Å². The van der Waals surface area contributed by atoms with Gasteiger partial charge in [-0.3, -0.25) is 9.36 Å². The number of carboxylic acid groups (broad SMARTS) is 1. The highest BCUT2D eigenvalue weighted by Crippen LogP contribution is 2.11. The van der Waals surface area contributed by atoms with Gasteiger partial charge in [0.15, 0.2) is 5.69 Å². The minimum Gasteiger partial charge on any atom is -0.476 e. The summed E-state index contributed by atoms with van der Waals surface area (Å²) in [5, 5.41) is 11.3. The summed E-state index contributed by atoms with van der Waals surface area (Å²) >= 11 is 0. The summed E-state index contributed by atoms with van der Waals surface area (Å²) in [4.78, 5) is 41.2. The van der Waals surface area contributed by atoms with Gasteiger partial charge >= 0.3 is 11.7 Å². The average Bonchev–Trinajstić information content (AvgIpc) is 2.41. The number of carbonyl (C=O) groups excluding carboxylic acids is 1. The van der Waals surface area contributed by atoms with Crippen LogP contribution in [0, 0.1) is 0 Å². The molecule has 2 aromatic rings. The molecule has 0 aromatic carbocycles. The first-order valence-corrected chi connectivity index (χ1v) is 5.57. The first-order valence-electron chi connectivity index (χ1n) is 5.57. The van der Waals surface area contributed by atoms with E-state index in [4.69, 9.17) is 5.11 Å². The number of rotatable bonds is 4. The number of nitrogens with one attached hydrogen (secondary N) is 1. The largest absolute Gasteiger partial charge is 0.476 e. The maximum atomic E-state index is 11.8. The number of nitrogens with zero attached hydrogens (tertiary/aromatic N) is 3. The summed E-state index contributed by atoms with van der Waals surface area (Å²) in [7, 11) is 0. The molecule has 1 amide bonds. The lowest BCUT2D eigenvalue weighted by Crippen LogP contribution is -2.28. The van der Waals surface area contributed by atoms with E-state index in [-0.39, 0.29) is 17.9 Å². The van der Waals surface area contributed by atoms with Crippen molar-refractivity contribution >= 4 is 17.6 Å². The predicted molar refractivity (Wildman–Crippen MR) is 68.3 cm³/mol. The van der Waals surface area contributed by atoms with Crippen molar-refractivity contribution in [3.05, 3.63) is 53.0 Å². The van der Waals surface area contributed by atoms with Crippen molar-refractivity contribution in [3.8, 4) is 0 Å². The zero-order chi connectivity index (χ0) is 14.5. The van der Waals surface area contributed by atoms with E-state index < -0.39 is 17.6 Å². The molecular weight excluding hydrogens is 264 g/mol. The molecule has 2 N–H and O–H groups in total. The summed E-state index contributed by atoms with van der Waals surface area (Å²) in [5.74, 6) is -1.80. The van der Waals surface area contributed by atoms with Gasteiger partial charge in [-0.05, 0) is 18.2 Å². The summed E-state index contributed by atoms with van der Waals surface area (Å²) in [6, 6.07) is 4.43. The van der Waals surface area contributed by atoms with Gasteiger partial charge in [0.05, 0.1) is 5.69 Å². The lowest BCUT2D eigenvalue weighted by Gasteiger charge is -2.08. The normalized spacial score (nSPS) is 10.0. The minimum atomic E-state index is -1.25. The third-order valence-electron chi connectivity index (χ3n) is 2.38. The van der Waals surface area contributed by atoms with Crippen LogP contribution in [-0.4, -0.2) is 31.5 Å². The highest BCUT2D eigenvalue weighted by atomic mass is 16.4. The summed E-state index contributed by atoms with van der Waals surface area (Å²) in [6.45, 7) is -0.263. The van der Waals surface area contributed by atoms with Crippen LogP contribution in [0.2, 0.25) is 0 Å². The van der Waals surface area contributed by atoms with Crippen LogP contribution in [0.5, 0.6) is 0 Å². The van der Waals surface area contributed by atoms with Gasteiger partial charge in [0.25, 0.3) is 0 Å². The molecule has 0 saturated heterocycles. The summed E-state index contributed by atoms with van der Waals surface area (Å²) in [6.07, 6.45) is 4.04.